The van der Waals surface area contributed by atoms with Crippen LogP contribution in [0.15, 0.2) is 42.7 Å². The van der Waals surface area contributed by atoms with Crippen LogP contribution in [-0.4, -0.2) is 24.1 Å². The van der Waals surface area contributed by atoms with Gasteiger partial charge in [-0.05, 0) is 55.3 Å². The molecule has 1 aromatic heterocycles. The lowest BCUT2D eigenvalue weighted by Gasteiger charge is -2.20. The van der Waals surface area contributed by atoms with Crippen molar-refractivity contribution in [2.45, 2.75) is 25.3 Å². The number of rotatable bonds is 3. The maximum absolute atomic E-state index is 14.5. The molecule has 0 unspecified atom stereocenters. The second-order valence-corrected chi connectivity index (χ2v) is 6.99. The summed E-state index contributed by atoms with van der Waals surface area (Å²) in [5, 5.41) is 8.90. The normalized spacial score (nSPS) is 17.6. The Balaban J connectivity index is 1.80. The number of anilines is 2. The van der Waals surface area contributed by atoms with Gasteiger partial charge in [-0.2, -0.15) is 0 Å². The predicted octanol–water partition coefficient (Wildman–Crippen LogP) is 4.32. The molecule has 1 aliphatic heterocycles. The number of nitrogens with one attached hydrogen (secondary N) is 2. The molecule has 1 saturated heterocycles. The van der Waals surface area contributed by atoms with Gasteiger partial charge in [0.15, 0.2) is 11.6 Å². The molecule has 0 amide bonds. The van der Waals surface area contributed by atoms with E-state index in [2.05, 4.69) is 15.6 Å². The van der Waals surface area contributed by atoms with Crippen LogP contribution in [0.5, 0.6) is 0 Å². The zero-order valence-corrected chi connectivity index (χ0v) is 14.9. The molecule has 1 atom stereocenters. The summed E-state index contributed by atoms with van der Waals surface area (Å²) in [4.78, 5) is 4.18. The number of aromatic nitrogens is 1. The molecule has 1 aliphatic rings. The Morgan fingerprint density at radius 3 is 2.89 bits per heavy atom. The summed E-state index contributed by atoms with van der Waals surface area (Å²) in [5.74, 6) is -1.94. The Morgan fingerprint density at radius 1 is 1.11 bits per heavy atom. The highest BCUT2D eigenvalue weighted by molar-refractivity contribution is 5.97. The molecular weight excluding hydrogens is 346 g/mol. The summed E-state index contributed by atoms with van der Waals surface area (Å²) >= 11 is 0. The van der Waals surface area contributed by atoms with Crippen molar-refractivity contribution in [2.24, 2.45) is 0 Å². The zero-order valence-electron chi connectivity index (χ0n) is 14.9. The number of fused-ring (bicyclic) bond motifs is 1. The SMILES string of the molecule is Nc1ccc(-c2cc(N[C@H]3CCCCNC3)c3ccncc3c2)c(F)c1F. The maximum atomic E-state index is 14.5. The average Bonchev–Trinajstić information content (AvgIpc) is 2.95. The van der Waals surface area contributed by atoms with Crippen LogP contribution in [0, 0.1) is 11.6 Å². The molecule has 0 radical (unpaired) electrons. The minimum absolute atomic E-state index is 0.189. The summed E-state index contributed by atoms with van der Waals surface area (Å²) in [6.45, 7) is 1.90. The van der Waals surface area contributed by atoms with E-state index in [-0.39, 0.29) is 17.3 Å². The fourth-order valence-electron chi connectivity index (χ4n) is 3.63. The van der Waals surface area contributed by atoms with Crippen LogP contribution in [0.25, 0.3) is 21.9 Å². The van der Waals surface area contributed by atoms with Crippen molar-refractivity contribution < 1.29 is 8.78 Å². The van der Waals surface area contributed by atoms with Crippen molar-refractivity contribution in [3.8, 4) is 11.1 Å². The smallest absolute Gasteiger partial charge is 0.182 e. The van der Waals surface area contributed by atoms with Crippen molar-refractivity contribution in [3.05, 3.63) is 54.4 Å². The quantitative estimate of drug-likeness (QED) is 0.603. The van der Waals surface area contributed by atoms with E-state index in [0.29, 0.717) is 5.56 Å². The van der Waals surface area contributed by atoms with Crippen molar-refractivity contribution in [1.82, 2.24) is 10.3 Å². The lowest BCUT2D eigenvalue weighted by Crippen LogP contribution is -2.30. The first-order valence-corrected chi connectivity index (χ1v) is 9.22. The van der Waals surface area contributed by atoms with Gasteiger partial charge in [0, 0.05) is 47.0 Å². The third-order valence-electron chi connectivity index (χ3n) is 5.08. The van der Waals surface area contributed by atoms with Crippen LogP contribution >= 0.6 is 0 Å². The molecule has 4 rings (SSSR count). The number of nitrogens with zero attached hydrogens (tertiary/aromatic N) is 1. The molecule has 4 N–H and O–H groups in total. The van der Waals surface area contributed by atoms with E-state index < -0.39 is 11.6 Å². The lowest BCUT2D eigenvalue weighted by atomic mass is 9.99. The second kappa shape index (κ2) is 7.48. The van der Waals surface area contributed by atoms with E-state index in [1.165, 1.54) is 18.6 Å². The third-order valence-corrected chi connectivity index (χ3v) is 5.08. The molecule has 0 bridgehead atoms. The molecule has 27 heavy (non-hydrogen) atoms. The van der Waals surface area contributed by atoms with Crippen LogP contribution < -0.4 is 16.4 Å². The monoisotopic (exact) mass is 368 g/mol. The van der Waals surface area contributed by atoms with Gasteiger partial charge in [0.2, 0.25) is 0 Å². The van der Waals surface area contributed by atoms with Crippen molar-refractivity contribution in [1.29, 1.82) is 0 Å². The summed E-state index contributed by atoms with van der Waals surface area (Å²) in [5.41, 5.74) is 6.97. The molecule has 2 heterocycles. The molecule has 0 spiro atoms. The van der Waals surface area contributed by atoms with Crippen molar-refractivity contribution in [2.75, 3.05) is 24.1 Å². The van der Waals surface area contributed by atoms with Crippen LogP contribution in [0.1, 0.15) is 19.3 Å². The Bertz CT molecular complexity index is 966. The zero-order chi connectivity index (χ0) is 18.8. The van der Waals surface area contributed by atoms with Crippen LogP contribution in [0.4, 0.5) is 20.2 Å². The predicted molar refractivity (Wildman–Crippen MR) is 106 cm³/mol. The van der Waals surface area contributed by atoms with Gasteiger partial charge in [0.25, 0.3) is 0 Å². The third kappa shape index (κ3) is 3.57. The van der Waals surface area contributed by atoms with Gasteiger partial charge in [-0.25, -0.2) is 8.78 Å². The van der Waals surface area contributed by atoms with Gasteiger partial charge >= 0.3 is 0 Å². The van der Waals surface area contributed by atoms with Crippen molar-refractivity contribution in [3.63, 3.8) is 0 Å². The molecule has 4 nitrogen and oxygen atoms in total. The highest BCUT2D eigenvalue weighted by Crippen LogP contribution is 2.34. The van der Waals surface area contributed by atoms with Crippen LogP contribution in [-0.2, 0) is 0 Å². The van der Waals surface area contributed by atoms with Crippen LogP contribution in [0.2, 0.25) is 0 Å². The minimum atomic E-state index is -1.01. The lowest BCUT2D eigenvalue weighted by molar-refractivity contribution is 0.514. The van der Waals surface area contributed by atoms with Gasteiger partial charge in [-0.15, -0.1) is 0 Å². The first-order chi connectivity index (χ1) is 13.1. The van der Waals surface area contributed by atoms with Crippen molar-refractivity contribution >= 4 is 22.1 Å². The Kier molecular flexibility index (Phi) is 4.90. The first-order valence-electron chi connectivity index (χ1n) is 9.22. The van der Waals surface area contributed by atoms with E-state index in [9.17, 15) is 8.78 Å². The van der Waals surface area contributed by atoms with Gasteiger partial charge in [0.05, 0.1) is 5.69 Å². The largest absolute Gasteiger partial charge is 0.396 e. The summed E-state index contributed by atoms with van der Waals surface area (Å²) in [7, 11) is 0. The summed E-state index contributed by atoms with van der Waals surface area (Å²) < 4.78 is 28.5. The first kappa shape index (κ1) is 17.7. The van der Waals surface area contributed by atoms with Crippen LogP contribution in [0.3, 0.4) is 0 Å². The van der Waals surface area contributed by atoms with Gasteiger partial charge in [-0.1, -0.05) is 6.42 Å². The van der Waals surface area contributed by atoms with E-state index in [1.807, 2.05) is 18.2 Å². The molecule has 1 fully saturated rings. The second-order valence-electron chi connectivity index (χ2n) is 6.99. The number of pyridine rings is 1. The molecule has 2 aromatic carbocycles. The Hall–Kier alpha value is -2.73. The van der Waals surface area contributed by atoms with Gasteiger partial charge in [0.1, 0.15) is 0 Å². The molecule has 140 valence electrons. The fraction of sp³-hybridized carbons (Fsp3) is 0.286. The number of hydrogen-bond donors (Lipinski definition) is 3. The van der Waals surface area contributed by atoms with Gasteiger partial charge in [-0.3, -0.25) is 4.98 Å². The minimum Gasteiger partial charge on any atom is -0.396 e. The molecular formula is C21H22F2N4. The highest BCUT2D eigenvalue weighted by Gasteiger charge is 2.17. The maximum Gasteiger partial charge on any atom is 0.182 e. The molecule has 0 saturated carbocycles. The Labute approximate surface area is 156 Å². The summed E-state index contributed by atoms with van der Waals surface area (Å²) in [6.07, 6.45) is 6.86. The Morgan fingerprint density at radius 2 is 2.00 bits per heavy atom. The standard InChI is InChI=1S/C21H22F2N4/c22-20-17(4-5-18(24)21(20)23)13-9-14-11-26-8-6-16(14)19(10-13)27-15-3-1-2-7-25-12-15/h4-6,8-11,15,25,27H,1-3,7,12,24H2/t15-/m0/s1. The molecule has 6 heteroatoms. The highest BCUT2D eigenvalue weighted by atomic mass is 19.2. The average molecular weight is 368 g/mol. The molecule has 0 aliphatic carbocycles. The molecule has 3 aromatic rings. The number of nitrogen functional groups attached to an aromatic ring is 1. The number of nitrogens with two attached hydrogens (primary N) is 1. The topological polar surface area (TPSA) is 63.0 Å². The number of halogens is 2. The van der Waals surface area contributed by atoms with E-state index in [1.54, 1.807) is 12.4 Å². The summed E-state index contributed by atoms with van der Waals surface area (Å²) in [6, 6.07) is 8.83. The van der Waals surface area contributed by atoms with E-state index in [0.717, 1.165) is 42.4 Å². The van der Waals surface area contributed by atoms with E-state index >= 15 is 0 Å². The fourth-order valence-corrected chi connectivity index (χ4v) is 3.63. The van der Waals surface area contributed by atoms with Gasteiger partial charge < -0.3 is 16.4 Å². The van der Waals surface area contributed by atoms with E-state index in [4.69, 9.17) is 5.73 Å². The number of benzene rings is 2. The number of hydrogen-bond acceptors (Lipinski definition) is 4.